The van der Waals surface area contributed by atoms with E-state index in [9.17, 15) is 0 Å². The fraction of sp³-hybridized carbons (Fsp3) is 0.250. The Morgan fingerprint density at radius 2 is 0.887 bits per heavy atom. The Kier molecular flexibility index (Phi) is 12.1. The Balaban J connectivity index is 0.912. The van der Waals surface area contributed by atoms with Gasteiger partial charge < -0.3 is 0 Å². The Bertz CT molecular complexity index is 3310. The topological polar surface area (TPSA) is 38.7 Å². The molecule has 1 aromatic heterocycles. The van der Waals surface area contributed by atoms with Gasteiger partial charge in [-0.25, -0.2) is 15.0 Å². The summed E-state index contributed by atoms with van der Waals surface area (Å²) in [5, 5.41) is 0. The van der Waals surface area contributed by atoms with E-state index in [1.807, 2.05) is 12.1 Å². The molecule has 3 atom stereocenters. The molecule has 1 fully saturated rings. The fourth-order valence-electron chi connectivity index (χ4n) is 12.4. The van der Waals surface area contributed by atoms with Crippen molar-refractivity contribution in [2.45, 2.75) is 102 Å². The lowest BCUT2D eigenvalue weighted by Crippen LogP contribution is -2.14. The van der Waals surface area contributed by atoms with E-state index in [1.165, 1.54) is 129 Å². The van der Waals surface area contributed by atoms with Crippen molar-refractivity contribution in [3.05, 3.63) is 221 Å². The molecule has 0 amide bonds. The predicted molar refractivity (Wildman–Crippen MR) is 295 cm³/mol. The molecule has 12 rings (SSSR count). The lowest BCUT2D eigenvalue weighted by molar-refractivity contribution is 0.386. The molecule has 0 spiro atoms. The van der Waals surface area contributed by atoms with Crippen LogP contribution in [0.2, 0.25) is 0 Å². The highest BCUT2D eigenvalue weighted by atomic mass is 15.0. The predicted octanol–water partition coefficient (Wildman–Crippen LogP) is 18.1. The zero-order chi connectivity index (χ0) is 47.9. The molecule has 3 heteroatoms. The molecule has 1 heterocycles. The summed E-state index contributed by atoms with van der Waals surface area (Å²) in [5.41, 5.74) is 22.1. The van der Waals surface area contributed by atoms with Crippen LogP contribution in [0.25, 0.3) is 78.7 Å². The summed E-state index contributed by atoms with van der Waals surface area (Å²) in [4.78, 5) is 15.6. The first-order valence-corrected chi connectivity index (χ1v) is 26.4. The largest absolute Gasteiger partial charge is 0.208 e. The highest BCUT2D eigenvalue weighted by Gasteiger charge is 2.35. The van der Waals surface area contributed by atoms with Crippen molar-refractivity contribution < 1.29 is 0 Å². The molecule has 71 heavy (non-hydrogen) atoms. The first-order valence-electron chi connectivity index (χ1n) is 26.4. The van der Waals surface area contributed by atoms with Gasteiger partial charge in [-0.1, -0.05) is 223 Å². The van der Waals surface area contributed by atoms with Crippen LogP contribution < -0.4 is 0 Å². The number of rotatable bonds is 7. The van der Waals surface area contributed by atoms with Gasteiger partial charge in [0.2, 0.25) is 0 Å². The molecular formula is C68H63N3. The smallest absolute Gasteiger partial charge is 0.164 e. The van der Waals surface area contributed by atoms with Crippen LogP contribution in [-0.4, -0.2) is 15.0 Å². The number of benzene rings is 8. The standard InChI is InChI=1S/C68H63N3/c1-45-17-10-11-18-46(24-16-25-47(30-29-45)52-35-37-60-57(39-52)40-54-23-12-13-26-59(54)60)55-41-56(43-58(42-55)67-70-65(50-19-6-4-7-20-50)69-66(71-67)51-21-8-5-9-22-51)49-33-31-48(32-34-49)53-36-38-62-61-27-14-15-28-63(61)68(2,3)64(62)44-53/h4-9,12-15,19-23,26-28,31-39,41-47H,10-11,16-18,24-25,29-30,40H2,1-3H3. The maximum Gasteiger partial charge on any atom is 0.164 e. The summed E-state index contributed by atoms with van der Waals surface area (Å²) in [7, 11) is 0. The van der Waals surface area contributed by atoms with Gasteiger partial charge in [-0.15, -0.1) is 0 Å². The Morgan fingerprint density at radius 1 is 0.352 bits per heavy atom. The normalized spacial score (nSPS) is 18.3. The lowest BCUT2D eigenvalue weighted by atomic mass is 9.80. The zero-order valence-electron chi connectivity index (χ0n) is 41.5. The third-order valence-electron chi connectivity index (χ3n) is 16.4. The van der Waals surface area contributed by atoms with Crippen LogP contribution >= 0.6 is 0 Å². The summed E-state index contributed by atoms with van der Waals surface area (Å²) < 4.78 is 0. The first kappa shape index (κ1) is 44.9. The van der Waals surface area contributed by atoms with E-state index in [1.54, 1.807) is 0 Å². The minimum absolute atomic E-state index is 0.0457. The van der Waals surface area contributed by atoms with Gasteiger partial charge >= 0.3 is 0 Å². The van der Waals surface area contributed by atoms with Gasteiger partial charge in [-0.05, 0) is 146 Å². The highest BCUT2D eigenvalue weighted by Crippen LogP contribution is 2.50. The van der Waals surface area contributed by atoms with E-state index >= 15 is 0 Å². The molecular weight excluding hydrogens is 859 g/mol. The zero-order valence-corrected chi connectivity index (χ0v) is 41.5. The van der Waals surface area contributed by atoms with Crippen LogP contribution in [0, 0.1) is 5.92 Å². The van der Waals surface area contributed by atoms with E-state index < -0.39 is 0 Å². The van der Waals surface area contributed by atoms with E-state index in [0.717, 1.165) is 35.4 Å². The van der Waals surface area contributed by atoms with Gasteiger partial charge in [0.05, 0.1) is 0 Å². The average molecular weight is 922 g/mol. The summed E-state index contributed by atoms with van der Waals surface area (Å²) in [5.74, 6) is 3.80. The number of hydrogen-bond donors (Lipinski definition) is 0. The van der Waals surface area contributed by atoms with Crippen LogP contribution in [0.4, 0.5) is 0 Å². The van der Waals surface area contributed by atoms with Gasteiger partial charge in [-0.2, -0.15) is 0 Å². The summed E-state index contributed by atoms with van der Waals surface area (Å²) >= 11 is 0. The van der Waals surface area contributed by atoms with Crippen molar-refractivity contribution in [1.29, 1.82) is 0 Å². The minimum atomic E-state index is -0.0457. The Morgan fingerprint density at radius 3 is 1.62 bits per heavy atom. The Hall–Kier alpha value is -7.23. The molecule has 3 unspecified atom stereocenters. The number of nitrogens with zero attached hydrogens (tertiary/aromatic N) is 3. The summed E-state index contributed by atoms with van der Waals surface area (Å²) in [6.45, 7) is 7.22. The van der Waals surface area contributed by atoms with Gasteiger partial charge in [0, 0.05) is 22.1 Å². The van der Waals surface area contributed by atoms with Crippen molar-refractivity contribution in [2.75, 3.05) is 0 Å². The van der Waals surface area contributed by atoms with Gasteiger partial charge in [0.15, 0.2) is 17.5 Å². The fourth-order valence-corrected chi connectivity index (χ4v) is 12.4. The lowest BCUT2D eigenvalue weighted by Gasteiger charge is -2.25. The molecule has 3 aliphatic rings. The average Bonchev–Trinajstić information content (AvgIpc) is 3.90. The van der Waals surface area contributed by atoms with Crippen molar-refractivity contribution >= 4 is 0 Å². The second kappa shape index (κ2) is 19.2. The molecule has 0 N–H and O–H groups in total. The summed E-state index contributed by atoms with van der Waals surface area (Å²) in [6.07, 6.45) is 12.2. The van der Waals surface area contributed by atoms with Crippen LogP contribution in [0.15, 0.2) is 188 Å². The van der Waals surface area contributed by atoms with E-state index in [4.69, 9.17) is 15.0 Å². The van der Waals surface area contributed by atoms with Gasteiger partial charge in [-0.3, -0.25) is 0 Å². The Labute approximate surface area is 421 Å². The molecule has 0 saturated heterocycles. The molecule has 0 bridgehead atoms. The molecule has 3 nitrogen and oxygen atoms in total. The second-order valence-corrected chi connectivity index (χ2v) is 21.4. The molecule has 8 aromatic carbocycles. The SMILES string of the molecule is CC1CCCCC(c2cc(-c3ccc(-c4ccc5c(c4)C(C)(C)c4ccccc4-5)cc3)cc(-c3nc(-c4ccccc4)nc(-c4ccccc4)n3)c2)CCCC(c2ccc3c(c2)Cc2ccccc2-3)CC1. The highest BCUT2D eigenvalue weighted by molar-refractivity contribution is 5.84. The van der Waals surface area contributed by atoms with Gasteiger partial charge in [0.25, 0.3) is 0 Å². The summed E-state index contributed by atoms with van der Waals surface area (Å²) in [6, 6.07) is 69.7. The molecule has 350 valence electrons. The van der Waals surface area contributed by atoms with Crippen molar-refractivity contribution in [2.24, 2.45) is 5.92 Å². The quantitative estimate of drug-likeness (QED) is 0.160. The number of aromatic nitrogens is 3. The van der Waals surface area contributed by atoms with E-state index in [2.05, 4.69) is 197 Å². The molecule has 9 aromatic rings. The number of hydrogen-bond acceptors (Lipinski definition) is 3. The van der Waals surface area contributed by atoms with Crippen LogP contribution in [-0.2, 0) is 11.8 Å². The van der Waals surface area contributed by atoms with Crippen molar-refractivity contribution in [1.82, 2.24) is 15.0 Å². The van der Waals surface area contributed by atoms with Crippen LogP contribution in [0.5, 0.6) is 0 Å². The maximum atomic E-state index is 5.28. The van der Waals surface area contributed by atoms with E-state index in [-0.39, 0.29) is 5.41 Å². The molecule has 0 radical (unpaired) electrons. The second-order valence-electron chi connectivity index (χ2n) is 21.4. The minimum Gasteiger partial charge on any atom is -0.208 e. The molecule has 1 saturated carbocycles. The maximum absolute atomic E-state index is 5.28. The van der Waals surface area contributed by atoms with Crippen molar-refractivity contribution in [3.63, 3.8) is 0 Å². The van der Waals surface area contributed by atoms with Crippen molar-refractivity contribution in [3.8, 4) is 78.7 Å². The van der Waals surface area contributed by atoms with Crippen LogP contribution in [0.1, 0.15) is 124 Å². The third-order valence-corrected chi connectivity index (χ3v) is 16.4. The third kappa shape index (κ3) is 8.97. The first-order chi connectivity index (χ1) is 34.8. The monoisotopic (exact) mass is 922 g/mol. The van der Waals surface area contributed by atoms with E-state index in [0.29, 0.717) is 29.3 Å². The van der Waals surface area contributed by atoms with Crippen LogP contribution in [0.3, 0.4) is 0 Å². The number of fused-ring (bicyclic) bond motifs is 6. The molecule has 3 aliphatic carbocycles. The van der Waals surface area contributed by atoms with Gasteiger partial charge in [0.1, 0.15) is 0 Å². The molecule has 0 aliphatic heterocycles.